The molecule has 2 aromatic rings. The average Bonchev–Trinajstić information content (AvgIpc) is 2.82. The van der Waals surface area contributed by atoms with E-state index in [9.17, 15) is 9.90 Å². The van der Waals surface area contributed by atoms with Gasteiger partial charge in [-0.25, -0.2) is 0 Å². The lowest BCUT2D eigenvalue weighted by Crippen LogP contribution is -2.16. The molecule has 0 saturated carbocycles. The van der Waals surface area contributed by atoms with Crippen molar-refractivity contribution in [1.82, 2.24) is 4.98 Å². The number of phenolic OH excluding ortho intramolecular Hbond substituents is 1. The van der Waals surface area contributed by atoms with Gasteiger partial charge in [0.05, 0.1) is 12.1 Å². The highest BCUT2D eigenvalue weighted by atomic mass is 16.3. The zero-order chi connectivity index (χ0) is 13.1. The minimum atomic E-state index is -0.103. The highest BCUT2D eigenvalue weighted by Gasteiger charge is 2.11. The van der Waals surface area contributed by atoms with Gasteiger partial charge in [-0.05, 0) is 37.6 Å². The number of carbonyl (C=O) groups excluding carboxylic acids is 1. The van der Waals surface area contributed by atoms with E-state index in [4.69, 9.17) is 0 Å². The number of carbonyl (C=O) groups is 1. The van der Waals surface area contributed by atoms with Gasteiger partial charge in [0.2, 0.25) is 5.91 Å². The number of aromatic hydroxyl groups is 1. The molecule has 0 aliphatic heterocycles. The third-order valence-electron chi connectivity index (χ3n) is 2.92. The second kappa shape index (κ2) is 4.96. The molecule has 0 radical (unpaired) electrons. The van der Waals surface area contributed by atoms with E-state index in [1.54, 1.807) is 25.3 Å². The standard InChI is InChI=1S/C14H16N2O2/c1-9-5-6-12(17)10(2)14(9)16-13(18)8-11-4-3-7-15-11/h3-7,15,17H,8H2,1-2H3,(H,16,18). The monoisotopic (exact) mass is 244 g/mol. The number of nitrogens with one attached hydrogen (secondary N) is 2. The lowest BCUT2D eigenvalue weighted by atomic mass is 10.1. The maximum Gasteiger partial charge on any atom is 0.230 e. The summed E-state index contributed by atoms with van der Waals surface area (Å²) in [5.74, 6) is 0.0880. The molecule has 4 heteroatoms. The Morgan fingerprint density at radius 3 is 2.78 bits per heavy atom. The number of aromatic nitrogens is 1. The highest BCUT2D eigenvalue weighted by molar-refractivity contribution is 5.93. The van der Waals surface area contributed by atoms with Crippen LogP contribution >= 0.6 is 0 Å². The molecule has 1 heterocycles. The van der Waals surface area contributed by atoms with E-state index in [0.717, 1.165) is 11.3 Å². The van der Waals surface area contributed by atoms with Crippen molar-refractivity contribution in [2.75, 3.05) is 5.32 Å². The van der Waals surface area contributed by atoms with Gasteiger partial charge in [0.1, 0.15) is 5.75 Å². The minimum absolute atomic E-state index is 0.103. The predicted octanol–water partition coefficient (Wildman–Crippen LogP) is 2.52. The smallest absolute Gasteiger partial charge is 0.230 e. The molecule has 0 aliphatic carbocycles. The number of H-pyrrole nitrogens is 1. The first-order valence-electron chi connectivity index (χ1n) is 5.79. The van der Waals surface area contributed by atoms with Gasteiger partial charge in [0.15, 0.2) is 0 Å². The van der Waals surface area contributed by atoms with Crippen LogP contribution in [0.25, 0.3) is 0 Å². The quantitative estimate of drug-likeness (QED) is 0.776. The largest absolute Gasteiger partial charge is 0.508 e. The number of hydrogen-bond donors (Lipinski definition) is 3. The van der Waals surface area contributed by atoms with Crippen molar-refractivity contribution in [1.29, 1.82) is 0 Å². The summed E-state index contributed by atoms with van der Waals surface area (Å²) in [4.78, 5) is 14.9. The Morgan fingerprint density at radius 1 is 1.33 bits per heavy atom. The van der Waals surface area contributed by atoms with Gasteiger partial charge in [-0.2, -0.15) is 0 Å². The molecule has 1 amide bonds. The number of aryl methyl sites for hydroxylation is 1. The van der Waals surface area contributed by atoms with Crippen LogP contribution < -0.4 is 5.32 Å². The molecule has 1 aromatic heterocycles. The number of anilines is 1. The van der Waals surface area contributed by atoms with Crippen molar-refractivity contribution in [3.05, 3.63) is 47.3 Å². The second-order valence-corrected chi connectivity index (χ2v) is 4.32. The first-order chi connectivity index (χ1) is 8.58. The lowest BCUT2D eigenvalue weighted by molar-refractivity contribution is -0.115. The fraction of sp³-hybridized carbons (Fsp3) is 0.214. The normalized spacial score (nSPS) is 10.3. The Balaban J connectivity index is 2.14. The second-order valence-electron chi connectivity index (χ2n) is 4.32. The molecule has 0 fully saturated rings. The molecule has 18 heavy (non-hydrogen) atoms. The van der Waals surface area contributed by atoms with Crippen LogP contribution in [-0.2, 0) is 11.2 Å². The maximum absolute atomic E-state index is 11.9. The van der Waals surface area contributed by atoms with E-state index in [2.05, 4.69) is 10.3 Å². The van der Waals surface area contributed by atoms with Crippen LogP contribution in [0.1, 0.15) is 16.8 Å². The van der Waals surface area contributed by atoms with Crippen LogP contribution in [0.15, 0.2) is 30.5 Å². The minimum Gasteiger partial charge on any atom is -0.508 e. The summed E-state index contributed by atoms with van der Waals surface area (Å²) in [5, 5.41) is 12.5. The highest BCUT2D eigenvalue weighted by Crippen LogP contribution is 2.27. The van der Waals surface area contributed by atoms with E-state index < -0.39 is 0 Å². The molecular formula is C14H16N2O2. The Labute approximate surface area is 106 Å². The van der Waals surface area contributed by atoms with Gasteiger partial charge in [0.25, 0.3) is 0 Å². The Hall–Kier alpha value is -2.23. The van der Waals surface area contributed by atoms with E-state index >= 15 is 0 Å². The topological polar surface area (TPSA) is 65.1 Å². The molecule has 1 aromatic carbocycles. The number of rotatable bonds is 3. The van der Waals surface area contributed by atoms with Crippen molar-refractivity contribution in [3.63, 3.8) is 0 Å². The molecule has 0 saturated heterocycles. The summed E-state index contributed by atoms with van der Waals surface area (Å²) in [6.07, 6.45) is 2.08. The fourth-order valence-corrected chi connectivity index (χ4v) is 1.86. The van der Waals surface area contributed by atoms with Gasteiger partial charge < -0.3 is 15.4 Å². The number of phenols is 1. The van der Waals surface area contributed by atoms with Crippen LogP contribution in [0.4, 0.5) is 5.69 Å². The summed E-state index contributed by atoms with van der Waals surface area (Å²) in [6.45, 7) is 3.68. The first kappa shape index (κ1) is 12.2. The fourth-order valence-electron chi connectivity index (χ4n) is 1.86. The van der Waals surface area contributed by atoms with Crippen LogP contribution in [-0.4, -0.2) is 16.0 Å². The van der Waals surface area contributed by atoms with E-state index in [0.29, 0.717) is 17.7 Å². The van der Waals surface area contributed by atoms with E-state index in [1.165, 1.54) is 0 Å². The SMILES string of the molecule is Cc1ccc(O)c(C)c1NC(=O)Cc1ccc[nH]1. The molecule has 0 spiro atoms. The van der Waals surface area contributed by atoms with Crippen molar-refractivity contribution in [3.8, 4) is 5.75 Å². The van der Waals surface area contributed by atoms with E-state index in [-0.39, 0.29) is 11.7 Å². The predicted molar refractivity (Wildman–Crippen MR) is 70.7 cm³/mol. The molecule has 0 atom stereocenters. The number of amides is 1. The van der Waals surface area contributed by atoms with Crippen molar-refractivity contribution < 1.29 is 9.90 Å². The van der Waals surface area contributed by atoms with Crippen molar-refractivity contribution >= 4 is 11.6 Å². The van der Waals surface area contributed by atoms with Crippen molar-refractivity contribution in [2.45, 2.75) is 20.3 Å². The molecule has 3 N–H and O–H groups in total. The molecule has 0 unspecified atom stereocenters. The number of aromatic amines is 1. The van der Waals surface area contributed by atoms with Gasteiger partial charge in [0, 0.05) is 17.5 Å². The van der Waals surface area contributed by atoms with Gasteiger partial charge in [-0.3, -0.25) is 4.79 Å². The molecule has 0 aliphatic rings. The van der Waals surface area contributed by atoms with Gasteiger partial charge >= 0.3 is 0 Å². The molecule has 2 rings (SSSR count). The molecule has 0 bridgehead atoms. The Bertz CT molecular complexity index is 559. The lowest BCUT2D eigenvalue weighted by Gasteiger charge is -2.12. The zero-order valence-electron chi connectivity index (χ0n) is 10.4. The molecule has 94 valence electrons. The number of hydrogen-bond acceptors (Lipinski definition) is 2. The maximum atomic E-state index is 11.9. The zero-order valence-corrected chi connectivity index (χ0v) is 10.4. The summed E-state index contributed by atoms with van der Waals surface area (Å²) in [5.41, 5.74) is 3.18. The third-order valence-corrected chi connectivity index (χ3v) is 2.92. The van der Waals surface area contributed by atoms with Crippen LogP contribution in [0, 0.1) is 13.8 Å². The Morgan fingerprint density at radius 2 is 2.11 bits per heavy atom. The van der Waals surface area contributed by atoms with Crippen LogP contribution in [0.5, 0.6) is 5.75 Å². The summed E-state index contributed by atoms with van der Waals surface area (Å²) in [6, 6.07) is 7.13. The third kappa shape index (κ3) is 2.53. The Kier molecular flexibility index (Phi) is 3.37. The van der Waals surface area contributed by atoms with Crippen LogP contribution in [0.2, 0.25) is 0 Å². The summed E-state index contributed by atoms with van der Waals surface area (Å²) in [7, 11) is 0. The number of benzene rings is 1. The molecular weight excluding hydrogens is 228 g/mol. The van der Waals surface area contributed by atoms with Gasteiger partial charge in [-0.15, -0.1) is 0 Å². The van der Waals surface area contributed by atoms with Gasteiger partial charge in [-0.1, -0.05) is 6.07 Å². The average molecular weight is 244 g/mol. The molecule has 4 nitrogen and oxygen atoms in total. The van der Waals surface area contributed by atoms with E-state index in [1.807, 2.05) is 19.1 Å². The summed E-state index contributed by atoms with van der Waals surface area (Å²) < 4.78 is 0. The first-order valence-corrected chi connectivity index (χ1v) is 5.79. The summed E-state index contributed by atoms with van der Waals surface area (Å²) >= 11 is 0. The van der Waals surface area contributed by atoms with Crippen molar-refractivity contribution in [2.24, 2.45) is 0 Å². The van der Waals surface area contributed by atoms with Crippen LogP contribution in [0.3, 0.4) is 0 Å².